The van der Waals surface area contributed by atoms with Crippen molar-refractivity contribution in [3.8, 4) is 11.5 Å². The van der Waals surface area contributed by atoms with E-state index in [1.54, 1.807) is 18.2 Å². The molecule has 1 N–H and O–H groups in total. The predicted octanol–water partition coefficient (Wildman–Crippen LogP) is 2.13. The molecular formula is C22H25N3O5. The second kappa shape index (κ2) is 8.86. The molecule has 0 bridgehead atoms. The number of benzene rings is 2. The first kappa shape index (κ1) is 21.2. The predicted molar refractivity (Wildman–Crippen MR) is 113 cm³/mol. The maximum atomic E-state index is 12.6. The summed E-state index contributed by atoms with van der Waals surface area (Å²) in [6, 6.07) is 10.6. The fourth-order valence-electron chi connectivity index (χ4n) is 3.25. The van der Waals surface area contributed by atoms with Crippen LogP contribution in [0.3, 0.4) is 0 Å². The summed E-state index contributed by atoms with van der Waals surface area (Å²) in [6.07, 6.45) is 0. The minimum atomic E-state index is -0.693. The Morgan fingerprint density at radius 2 is 1.67 bits per heavy atom. The van der Waals surface area contributed by atoms with E-state index in [0.717, 1.165) is 11.1 Å². The number of ether oxygens (including phenoxy) is 2. The van der Waals surface area contributed by atoms with Crippen LogP contribution in [0.4, 0.5) is 11.4 Å². The molecule has 0 aromatic heterocycles. The second-order valence-corrected chi connectivity index (χ2v) is 7.07. The van der Waals surface area contributed by atoms with Gasteiger partial charge >= 0.3 is 11.8 Å². The molecular weight excluding hydrogens is 386 g/mol. The Morgan fingerprint density at radius 3 is 2.33 bits per heavy atom. The largest absolute Gasteiger partial charge is 0.493 e. The van der Waals surface area contributed by atoms with E-state index >= 15 is 0 Å². The summed E-state index contributed by atoms with van der Waals surface area (Å²) in [5.41, 5.74) is 3.35. The highest BCUT2D eigenvalue weighted by molar-refractivity contribution is 6.41. The average molecular weight is 411 g/mol. The number of carbonyl (C=O) groups is 3. The summed E-state index contributed by atoms with van der Waals surface area (Å²) in [5.74, 6) is -0.712. The maximum absolute atomic E-state index is 12.6. The zero-order valence-electron chi connectivity index (χ0n) is 17.5. The first-order valence-corrected chi connectivity index (χ1v) is 9.54. The van der Waals surface area contributed by atoms with Gasteiger partial charge in [0.25, 0.3) is 0 Å². The molecule has 2 aromatic carbocycles. The van der Waals surface area contributed by atoms with Crippen LogP contribution in [0.25, 0.3) is 0 Å². The van der Waals surface area contributed by atoms with Crippen LogP contribution < -0.4 is 19.7 Å². The zero-order valence-corrected chi connectivity index (χ0v) is 17.5. The van der Waals surface area contributed by atoms with Crippen molar-refractivity contribution in [1.82, 2.24) is 4.90 Å². The van der Waals surface area contributed by atoms with Gasteiger partial charge in [0, 0.05) is 30.5 Å². The number of nitrogens with one attached hydrogen (secondary N) is 1. The smallest absolute Gasteiger partial charge is 0.316 e. The third kappa shape index (κ3) is 4.37. The van der Waals surface area contributed by atoms with E-state index in [1.165, 1.54) is 24.0 Å². The van der Waals surface area contributed by atoms with Crippen molar-refractivity contribution >= 4 is 29.1 Å². The van der Waals surface area contributed by atoms with Gasteiger partial charge in [-0.15, -0.1) is 0 Å². The number of nitrogens with zero attached hydrogens (tertiary/aromatic N) is 2. The van der Waals surface area contributed by atoms with Crippen LogP contribution >= 0.6 is 0 Å². The monoisotopic (exact) mass is 411 g/mol. The van der Waals surface area contributed by atoms with E-state index in [4.69, 9.17) is 9.47 Å². The van der Waals surface area contributed by atoms with Gasteiger partial charge in [0.1, 0.15) is 6.54 Å². The zero-order chi connectivity index (χ0) is 21.8. The summed E-state index contributed by atoms with van der Waals surface area (Å²) < 4.78 is 10.4. The Kier molecular flexibility index (Phi) is 6.25. The molecule has 30 heavy (non-hydrogen) atoms. The molecule has 1 saturated heterocycles. The molecule has 8 nitrogen and oxygen atoms in total. The highest BCUT2D eigenvalue weighted by Gasteiger charge is 2.34. The molecule has 0 spiro atoms. The number of carbonyl (C=O) groups excluding carboxylic acids is 3. The van der Waals surface area contributed by atoms with Crippen LogP contribution in [0.1, 0.15) is 11.1 Å². The number of hydrogen-bond donors (Lipinski definition) is 1. The maximum Gasteiger partial charge on any atom is 0.316 e. The van der Waals surface area contributed by atoms with Gasteiger partial charge in [0.15, 0.2) is 11.5 Å². The van der Waals surface area contributed by atoms with Gasteiger partial charge in [-0.2, -0.15) is 0 Å². The van der Waals surface area contributed by atoms with Crippen LogP contribution in [0.15, 0.2) is 36.4 Å². The topological polar surface area (TPSA) is 88.2 Å². The van der Waals surface area contributed by atoms with Crippen molar-refractivity contribution in [2.75, 3.05) is 44.1 Å². The van der Waals surface area contributed by atoms with Gasteiger partial charge in [-0.1, -0.05) is 6.07 Å². The normalized spacial score (nSPS) is 14.0. The van der Waals surface area contributed by atoms with Gasteiger partial charge in [-0.25, -0.2) is 0 Å². The van der Waals surface area contributed by atoms with Crippen molar-refractivity contribution in [3.05, 3.63) is 47.5 Å². The third-order valence-corrected chi connectivity index (χ3v) is 5.11. The molecule has 0 atom stereocenters. The van der Waals surface area contributed by atoms with Crippen LogP contribution in [-0.2, 0) is 14.4 Å². The summed E-state index contributed by atoms with van der Waals surface area (Å²) in [7, 11) is 3.03. The Hall–Kier alpha value is -3.55. The first-order chi connectivity index (χ1) is 14.3. The van der Waals surface area contributed by atoms with E-state index in [1.807, 2.05) is 32.0 Å². The highest BCUT2D eigenvalue weighted by Crippen LogP contribution is 2.29. The molecule has 8 heteroatoms. The van der Waals surface area contributed by atoms with Gasteiger partial charge in [0.05, 0.1) is 14.2 Å². The van der Waals surface area contributed by atoms with Crippen molar-refractivity contribution in [2.45, 2.75) is 13.8 Å². The quantitative estimate of drug-likeness (QED) is 0.736. The average Bonchev–Trinajstić information content (AvgIpc) is 2.73. The molecule has 3 amide bonds. The van der Waals surface area contributed by atoms with E-state index in [0.29, 0.717) is 29.4 Å². The molecule has 158 valence electrons. The molecule has 0 unspecified atom stereocenters. The molecule has 3 rings (SSSR count). The number of rotatable bonds is 6. The second-order valence-electron chi connectivity index (χ2n) is 7.07. The molecule has 1 aliphatic heterocycles. The lowest BCUT2D eigenvalue weighted by Crippen LogP contribution is -2.56. The third-order valence-electron chi connectivity index (χ3n) is 5.11. The lowest BCUT2D eigenvalue weighted by atomic mass is 10.1. The minimum absolute atomic E-state index is 0.209. The van der Waals surface area contributed by atoms with Crippen molar-refractivity contribution < 1.29 is 23.9 Å². The number of piperazine rings is 1. The molecule has 2 aromatic rings. The van der Waals surface area contributed by atoms with Gasteiger partial charge in [-0.05, 0) is 49.2 Å². The SMILES string of the molecule is COc1ccc(NC(=O)CN2CCN(c3ccc(C)c(C)c3)C(=O)C2=O)cc1OC. The van der Waals surface area contributed by atoms with Crippen molar-refractivity contribution in [3.63, 3.8) is 0 Å². The van der Waals surface area contributed by atoms with E-state index < -0.39 is 17.7 Å². The summed E-state index contributed by atoms with van der Waals surface area (Å²) >= 11 is 0. The van der Waals surface area contributed by atoms with E-state index in [9.17, 15) is 14.4 Å². The summed E-state index contributed by atoms with van der Waals surface area (Å²) in [5, 5.41) is 2.71. The summed E-state index contributed by atoms with van der Waals surface area (Å²) in [6.45, 7) is 4.34. The molecule has 0 aliphatic carbocycles. The van der Waals surface area contributed by atoms with E-state index in [2.05, 4.69) is 5.32 Å². The Labute approximate surface area is 175 Å². The first-order valence-electron chi connectivity index (χ1n) is 9.54. The van der Waals surface area contributed by atoms with Gasteiger partial charge in [-0.3, -0.25) is 14.4 Å². The number of anilines is 2. The molecule has 1 fully saturated rings. The Bertz CT molecular complexity index is 989. The minimum Gasteiger partial charge on any atom is -0.493 e. The van der Waals surface area contributed by atoms with E-state index in [-0.39, 0.29) is 13.1 Å². The molecule has 1 heterocycles. The Balaban J connectivity index is 1.64. The molecule has 1 aliphatic rings. The van der Waals surface area contributed by atoms with Crippen molar-refractivity contribution in [1.29, 1.82) is 0 Å². The van der Waals surface area contributed by atoms with Gasteiger partial charge < -0.3 is 24.6 Å². The van der Waals surface area contributed by atoms with Gasteiger partial charge in [0.2, 0.25) is 5.91 Å². The number of methoxy groups -OCH3 is 2. The number of aryl methyl sites for hydroxylation is 2. The lowest BCUT2D eigenvalue weighted by molar-refractivity contribution is -0.147. The number of hydrogen-bond acceptors (Lipinski definition) is 5. The fraction of sp³-hybridized carbons (Fsp3) is 0.318. The fourth-order valence-corrected chi connectivity index (χ4v) is 3.25. The van der Waals surface area contributed by atoms with Crippen LogP contribution in [0, 0.1) is 13.8 Å². The summed E-state index contributed by atoms with van der Waals surface area (Å²) in [4.78, 5) is 40.3. The van der Waals surface area contributed by atoms with Crippen molar-refractivity contribution in [2.24, 2.45) is 0 Å². The Morgan fingerprint density at radius 1 is 0.933 bits per heavy atom. The standard InChI is InChI=1S/C22H25N3O5/c1-14-5-7-17(11-15(14)2)25-10-9-24(21(27)22(25)28)13-20(26)23-16-6-8-18(29-3)19(12-16)30-4/h5-8,11-12H,9-10,13H2,1-4H3,(H,23,26). The van der Waals surface area contributed by atoms with Crippen LogP contribution in [0.2, 0.25) is 0 Å². The molecule has 0 saturated carbocycles. The highest BCUT2D eigenvalue weighted by atomic mass is 16.5. The molecule has 0 radical (unpaired) electrons. The number of amides is 3. The lowest BCUT2D eigenvalue weighted by Gasteiger charge is -2.33. The van der Waals surface area contributed by atoms with Crippen LogP contribution in [0.5, 0.6) is 11.5 Å². The van der Waals surface area contributed by atoms with Crippen LogP contribution in [-0.4, -0.2) is 56.5 Å².